The van der Waals surface area contributed by atoms with Crippen molar-refractivity contribution in [3.8, 4) is 17.2 Å². The highest BCUT2D eigenvalue weighted by atomic mass is 16.5. The van der Waals surface area contributed by atoms with Crippen LogP contribution in [-0.2, 0) is 9.59 Å². The Bertz CT molecular complexity index is 1090. The second-order valence-electron chi connectivity index (χ2n) is 8.42. The number of Topliss-reactive ketones (excluding diaryl/α,β-unsaturated/α-hetero) is 1. The highest BCUT2D eigenvalue weighted by Gasteiger charge is 2.47. The molecular weight excluding hydrogens is 448 g/mol. The summed E-state index contributed by atoms with van der Waals surface area (Å²) >= 11 is 0. The Balaban J connectivity index is 2.18. The SMILES string of the molecule is CCOc1ccc(/C(O)=C2\C(=O)C(=O)N(CCCN(C)C)C2c2ccccc2OC)c(OCC)c1. The zero-order valence-corrected chi connectivity index (χ0v) is 21.0. The number of likely N-dealkylation sites (tertiary alicyclic amines) is 1. The van der Waals surface area contributed by atoms with Crippen LogP contribution in [0.5, 0.6) is 17.2 Å². The number of amides is 1. The molecule has 8 heteroatoms. The fourth-order valence-corrected chi connectivity index (χ4v) is 4.26. The molecule has 35 heavy (non-hydrogen) atoms. The molecule has 1 N–H and O–H groups in total. The van der Waals surface area contributed by atoms with Gasteiger partial charge in [-0.25, -0.2) is 0 Å². The van der Waals surface area contributed by atoms with Crippen molar-refractivity contribution < 1.29 is 28.9 Å². The quantitative estimate of drug-likeness (QED) is 0.296. The van der Waals surface area contributed by atoms with Crippen LogP contribution < -0.4 is 14.2 Å². The average Bonchev–Trinajstić information content (AvgIpc) is 3.09. The van der Waals surface area contributed by atoms with Crippen molar-refractivity contribution in [1.82, 2.24) is 9.80 Å². The monoisotopic (exact) mass is 482 g/mol. The van der Waals surface area contributed by atoms with E-state index in [4.69, 9.17) is 14.2 Å². The molecule has 1 aliphatic rings. The van der Waals surface area contributed by atoms with Crippen LogP contribution in [0.3, 0.4) is 0 Å². The van der Waals surface area contributed by atoms with Crippen LogP contribution in [-0.4, -0.2) is 74.1 Å². The number of rotatable bonds is 11. The maximum atomic E-state index is 13.3. The molecule has 0 aliphatic carbocycles. The molecule has 3 rings (SSSR count). The Morgan fingerprint density at radius 3 is 2.40 bits per heavy atom. The van der Waals surface area contributed by atoms with Gasteiger partial charge in [0.1, 0.15) is 23.0 Å². The van der Waals surface area contributed by atoms with E-state index in [9.17, 15) is 14.7 Å². The Morgan fingerprint density at radius 1 is 1.03 bits per heavy atom. The largest absolute Gasteiger partial charge is 0.507 e. The van der Waals surface area contributed by atoms with Crippen LogP contribution in [0.1, 0.15) is 37.4 Å². The second kappa shape index (κ2) is 11.8. The molecule has 0 aromatic heterocycles. The van der Waals surface area contributed by atoms with Gasteiger partial charge in [-0.05, 0) is 59.1 Å². The molecule has 1 heterocycles. The first-order valence-corrected chi connectivity index (χ1v) is 11.8. The number of carbonyl (C=O) groups is 2. The number of para-hydroxylation sites is 1. The maximum Gasteiger partial charge on any atom is 0.295 e. The molecule has 1 atom stereocenters. The van der Waals surface area contributed by atoms with Crippen LogP contribution in [0, 0.1) is 0 Å². The smallest absolute Gasteiger partial charge is 0.295 e. The summed E-state index contributed by atoms with van der Waals surface area (Å²) in [6.45, 7) is 5.63. The number of ether oxygens (including phenoxy) is 3. The molecule has 0 bridgehead atoms. The van der Waals surface area contributed by atoms with Crippen molar-refractivity contribution in [2.45, 2.75) is 26.3 Å². The number of nitrogens with zero attached hydrogens (tertiary/aromatic N) is 2. The number of ketones is 1. The maximum absolute atomic E-state index is 13.3. The molecule has 1 aliphatic heterocycles. The zero-order chi connectivity index (χ0) is 25.5. The van der Waals surface area contributed by atoms with Gasteiger partial charge in [0.15, 0.2) is 0 Å². The van der Waals surface area contributed by atoms with Crippen molar-refractivity contribution in [2.24, 2.45) is 0 Å². The minimum Gasteiger partial charge on any atom is -0.507 e. The normalized spacial score (nSPS) is 17.2. The Hall–Kier alpha value is -3.52. The summed E-state index contributed by atoms with van der Waals surface area (Å²) in [7, 11) is 5.44. The summed E-state index contributed by atoms with van der Waals surface area (Å²) in [5, 5.41) is 11.5. The van der Waals surface area contributed by atoms with Crippen molar-refractivity contribution in [3.63, 3.8) is 0 Å². The van der Waals surface area contributed by atoms with Gasteiger partial charge in [-0.3, -0.25) is 9.59 Å². The second-order valence-corrected chi connectivity index (χ2v) is 8.42. The number of hydrogen-bond acceptors (Lipinski definition) is 7. The minimum atomic E-state index is -0.797. The van der Waals surface area contributed by atoms with Gasteiger partial charge in [-0.1, -0.05) is 18.2 Å². The molecule has 188 valence electrons. The number of methoxy groups -OCH3 is 1. The molecule has 1 unspecified atom stereocenters. The molecular formula is C27H34N2O6. The van der Waals surface area contributed by atoms with E-state index in [1.807, 2.05) is 51.0 Å². The van der Waals surface area contributed by atoms with Gasteiger partial charge >= 0.3 is 0 Å². The topological polar surface area (TPSA) is 88.5 Å². The van der Waals surface area contributed by atoms with Crippen molar-refractivity contribution in [3.05, 3.63) is 59.2 Å². The van der Waals surface area contributed by atoms with Gasteiger partial charge in [0.05, 0.1) is 37.5 Å². The molecule has 1 fully saturated rings. The van der Waals surface area contributed by atoms with Gasteiger partial charge in [0, 0.05) is 18.2 Å². The molecule has 8 nitrogen and oxygen atoms in total. The van der Waals surface area contributed by atoms with E-state index in [0.29, 0.717) is 54.6 Å². The van der Waals surface area contributed by atoms with E-state index >= 15 is 0 Å². The van der Waals surface area contributed by atoms with E-state index in [1.165, 1.54) is 12.0 Å². The van der Waals surface area contributed by atoms with Crippen LogP contribution >= 0.6 is 0 Å². The van der Waals surface area contributed by atoms with Gasteiger partial charge < -0.3 is 29.1 Å². The van der Waals surface area contributed by atoms with Crippen LogP contribution in [0.2, 0.25) is 0 Å². The molecule has 0 radical (unpaired) electrons. The number of aliphatic hydroxyl groups is 1. The summed E-state index contributed by atoms with van der Waals surface area (Å²) in [6, 6.07) is 11.4. The standard InChI is InChI=1S/C27H34N2O6/c1-6-34-18-13-14-20(22(17-18)35-7-2)25(30)23-24(19-11-8-9-12-21(19)33-5)29(27(32)26(23)31)16-10-15-28(3)4/h8-9,11-14,17,24,30H,6-7,10,15-16H2,1-5H3/b25-23+. The predicted molar refractivity (Wildman–Crippen MR) is 134 cm³/mol. The third-order valence-electron chi connectivity index (χ3n) is 5.80. The highest BCUT2D eigenvalue weighted by Crippen LogP contribution is 2.44. The van der Waals surface area contributed by atoms with E-state index in [1.54, 1.807) is 24.3 Å². The molecule has 1 amide bonds. The number of aliphatic hydroxyl groups excluding tert-OH is 1. The molecule has 2 aromatic carbocycles. The number of benzene rings is 2. The number of hydrogen-bond donors (Lipinski definition) is 1. The third kappa shape index (κ3) is 5.59. The van der Waals surface area contributed by atoms with Crippen LogP contribution in [0.4, 0.5) is 0 Å². The fourth-order valence-electron chi connectivity index (χ4n) is 4.26. The summed E-state index contributed by atoms with van der Waals surface area (Å²) in [6.07, 6.45) is 0.666. The van der Waals surface area contributed by atoms with E-state index in [-0.39, 0.29) is 11.3 Å². The molecule has 2 aromatic rings. The zero-order valence-electron chi connectivity index (χ0n) is 21.0. The van der Waals surface area contributed by atoms with Gasteiger partial charge in [-0.2, -0.15) is 0 Å². The summed E-state index contributed by atoms with van der Waals surface area (Å²) in [5.74, 6) is -0.198. The summed E-state index contributed by atoms with van der Waals surface area (Å²) < 4.78 is 16.9. The third-order valence-corrected chi connectivity index (χ3v) is 5.80. The van der Waals surface area contributed by atoms with Crippen molar-refractivity contribution in [1.29, 1.82) is 0 Å². The lowest BCUT2D eigenvalue weighted by molar-refractivity contribution is -0.140. The van der Waals surface area contributed by atoms with Gasteiger partial charge in [0.25, 0.3) is 11.7 Å². The lowest BCUT2D eigenvalue weighted by atomic mass is 9.94. The molecule has 0 spiro atoms. The van der Waals surface area contributed by atoms with Crippen molar-refractivity contribution in [2.75, 3.05) is 47.5 Å². The first-order chi connectivity index (χ1) is 16.8. The summed E-state index contributed by atoms with van der Waals surface area (Å²) in [5.41, 5.74) is 0.959. The van der Waals surface area contributed by atoms with Crippen LogP contribution in [0.25, 0.3) is 5.76 Å². The fraction of sp³-hybridized carbons (Fsp3) is 0.407. The van der Waals surface area contributed by atoms with E-state index < -0.39 is 17.7 Å². The first-order valence-electron chi connectivity index (χ1n) is 11.8. The Labute approximate surface area is 206 Å². The molecule has 0 saturated carbocycles. The lowest BCUT2D eigenvalue weighted by Gasteiger charge is -2.27. The van der Waals surface area contributed by atoms with Gasteiger partial charge in [-0.15, -0.1) is 0 Å². The number of carbonyl (C=O) groups excluding carboxylic acids is 2. The predicted octanol–water partition coefficient (Wildman–Crippen LogP) is 3.87. The van der Waals surface area contributed by atoms with E-state index in [2.05, 4.69) is 0 Å². The Morgan fingerprint density at radius 2 is 1.74 bits per heavy atom. The van der Waals surface area contributed by atoms with Gasteiger partial charge in [0.2, 0.25) is 0 Å². The van der Waals surface area contributed by atoms with Crippen LogP contribution in [0.15, 0.2) is 48.0 Å². The average molecular weight is 483 g/mol. The summed E-state index contributed by atoms with van der Waals surface area (Å²) in [4.78, 5) is 30.0. The first kappa shape index (κ1) is 26.1. The van der Waals surface area contributed by atoms with E-state index in [0.717, 1.165) is 6.54 Å². The highest BCUT2D eigenvalue weighted by molar-refractivity contribution is 6.46. The Kier molecular flexibility index (Phi) is 8.76. The van der Waals surface area contributed by atoms with Crippen molar-refractivity contribution >= 4 is 17.4 Å². The minimum absolute atomic E-state index is 0.00876. The lowest BCUT2D eigenvalue weighted by Crippen LogP contribution is -2.32. The molecule has 1 saturated heterocycles.